The number of rotatable bonds is 4. The lowest BCUT2D eigenvalue weighted by atomic mass is 9.96. The zero-order chi connectivity index (χ0) is 12.1. The molecule has 100 valence electrons. The van der Waals surface area contributed by atoms with Crippen molar-refractivity contribution in [3.8, 4) is 0 Å². The first kappa shape index (κ1) is 13.6. The van der Waals surface area contributed by atoms with Crippen LogP contribution in [0.25, 0.3) is 0 Å². The normalized spacial score (nSPS) is 25.1. The fourth-order valence-electron chi connectivity index (χ4n) is 3.56. The third-order valence-corrected chi connectivity index (χ3v) is 6.60. The van der Waals surface area contributed by atoms with Crippen LogP contribution in [0.15, 0.2) is 0 Å². The van der Waals surface area contributed by atoms with Crippen LogP contribution >= 0.6 is 0 Å². The van der Waals surface area contributed by atoms with Gasteiger partial charge in [0.1, 0.15) is 0 Å². The summed E-state index contributed by atoms with van der Waals surface area (Å²) in [6.07, 6.45) is 14.3. The molecule has 0 unspecified atom stereocenters. The number of hydrogen-bond donors (Lipinski definition) is 2. The standard InChI is InChI=1S/C14H30N2Si/c1-17(2,15-13-9-5-3-6-10-13)16-14-11-7-4-8-12-14/h13-16H,3-12H2,1-2H3. The van der Waals surface area contributed by atoms with Crippen LogP contribution in [0.2, 0.25) is 13.1 Å². The molecule has 0 aromatic rings. The van der Waals surface area contributed by atoms with Crippen molar-refractivity contribution in [2.45, 2.75) is 89.4 Å². The summed E-state index contributed by atoms with van der Waals surface area (Å²) in [5, 5.41) is 0. The van der Waals surface area contributed by atoms with Gasteiger partial charge in [0.05, 0.1) is 0 Å². The van der Waals surface area contributed by atoms with Gasteiger partial charge < -0.3 is 9.96 Å². The first-order chi connectivity index (χ1) is 8.16. The van der Waals surface area contributed by atoms with E-state index in [0.717, 1.165) is 12.1 Å². The summed E-state index contributed by atoms with van der Waals surface area (Å²) in [4.78, 5) is 7.94. The van der Waals surface area contributed by atoms with E-state index < -0.39 is 8.40 Å². The summed E-state index contributed by atoms with van der Waals surface area (Å²) < 4.78 is 0. The van der Waals surface area contributed by atoms with E-state index >= 15 is 0 Å². The molecule has 2 aliphatic rings. The summed E-state index contributed by atoms with van der Waals surface area (Å²) in [5.41, 5.74) is 0. The SMILES string of the molecule is C[Si](C)(NC1CCCCC1)NC1CCCCC1. The predicted octanol–water partition coefficient (Wildman–Crippen LogP) is 3.53. The van der Waals surface area contributed by atoms with Crippen molar-refractivity contribution in [3.05, 3.63) is 0 Å². The highest BCUT2D eigenvalue weighted by Gasteiger charge is 2.29. The molecule has 2 rings (SSSR count). The van der Waals surface area contributed by atoms with E-state index in [1.807, 2.05) is 0 Å². The first-order valence-corrected chi connectivity index (χ1v) is 10.7. The van der Waals surface area contributed by atoms with Gasteiger partial charge in [0, 0.05) is 12.1 Å². The fraction of sp³-hybridized carbons (Fsp3) is 1.00. The zero-order valence-corrected chi connectivity index (χ0v) is 12.7. The molecule has 2 aliphatic carbocycles. The predicted molar refractivity (Wildman–Crippen MR) is 77.5 cm³/mol. The second kappa shape index (κ2) is 6.35. The largest absolute Gasteiger partial charge is 0.323 e. The van der Waals surface area contributed by atoms with Gasteiger partial charge in [0.25, 0.3) is 0 Å². The van der Waals surface area contributed by atoms with Gasteiger partial charge in [-0.1, -0.05) is 38.5 Å². The Hall–Kier alpha value is 0.137. The van der Waals surface area contributed by atoms with Crippen LogP contribution in [-0.2, 0) is 0 Å². The minimum absolute atomic E-state index is 0.807. The van der Waals surface area contributed by atoms with Gasteiger partial charge >= 0.3 is 0 Å². The number of nitrogens with one attached hydrogen (secondary N) is 2. The molecule has 0 aliphatic heterocycles. The van der Waals surface area contributed by atoms with E-state index in [1.54, 1.807) is 0 Å². The molecule has 0 aromatic carbocycles. The quantitative estimate of drug-likeness (QED) is 0.750. The molecule has 3 heteroatoms. The second-order valence-corrected chi connectivity index (χ2v) is 10.4. The Bertz CT molecular complexity index is 196. The average molecular weight is 254 g/mol. The number of hydrogen-bond acceptors (Lipinski definition) is 2. The molecule has 0 amide bonds. The van der Waals surface area contributed by atoms with E-state index in [4.69, 9.17) is 0 Å². The molecular weight excluding hydrogens is 224 g/mol. The molecule has 0 spiro atoms. The van der Waals surface area contributed by atoms with Crippen molar-refractivity contribution < 1.29 is 0 Å². The van der Waals surface area contributed by atoms with E-state index in [1.165, 1.54) is 64.2 Å². The zero-order valence-electron chi connectivity index (χ0n) is 11.7. The molecular formula is C14H30N2Si. The van der Waals surface area contributed by atoms with Crippen LogP contribution in [0.4, 0.5) is 0 Å². The van der Waals surface area contributed by atoms with Crippen LogP contribution in [0, 0.1) is 0 Å². The highest BCUT2D eigenvalue weighted by Crippen LogP contribution is 2.21. The Morgan fingerprint density at radius 1 is 0.647 bits per heavy atom. The molecule has 2 saturated carbocycles. The Morgan fingerprint density at radius 3 is 1.35 bits per heavy atom. The molecule has 17 heavy (non-hydrogen) atoms. The summed E-state index contributed by atoms with van der Waals surface area (Å²) in [7, 11) is -1.38. The fourth-order valence-corrected chi connectivity index (χ4v) is 6.26. The minimum Gasteiger partial charge on any atom is -0.323 e. The second-order valence-electron chi connectivity index (χ2n) is 6.58. The monoisotopic (exact) mass is 254 g/mol. The van der Waals surface area contributed by atoms with E-state index in [9.17, 15) is 0 Å². The van der Waals surface area contributed by atoms with Crippen LogP contribution in [-0.4, -0.2) is 20.5 Å². The van der Waals surface area contributed by atoms with Gasteiger partial charge in [0.2, 0.25) is 0 Å². The van der Waals surface area contributed by atoms with Crippen molar-refractivity contribution in [2.24, 2.45) is 0 Å². The molecule has 2 fully saturated rings. The third-order valence-electron chi connectivity index (χ3n) is 4.34. The van der Waals surface area contributed by atoms with E-state index in [2.05, 4.69) is 23.1 Å². The van der Waals surface area contributed by atoms with Gasteiger partial charge in [-0.15, -0.1) is 0 Å². The van der Waals surface area contributed by atoms with Crippen LogP contribution in [0.3, 0.4) is 0 Å². The Labute approximate surface area is 108 Å². The topological polar surface area (TPSA) is 24.1 Å². The van der Waals surface area contributed by atoms with Crippen LogP contribution in [0.5, 0.6) is 0 Å². The van der Waals surface area contributed by atoms with Crippen molar-refractivity contribution in [1.82, 2.24) is 9.96 Å². The van der Waals surface area contributed by atoms with E-state index in [0.29, 0.717) is 0 Å². The highest BCUT2D eigenvalue weighted by molar-refractivity contribution is 6.72. The summed E-state index contributed by atoms with van der Waals surface area (Å²) in [6.45, 7) is 4.91. The molecule has 0 radical (unpaired) electrons. The average Bonchev–Trinajstić information content (AvgIpc) is 2.30. The Balaban J connectivity index is 1.75. The van der Waals surface area contributed by atoms with Crippen molar-refractivity contribution in [2.75, 3.05) is 0 Å². The highest BCUT2D eigenvalue weighted by atomic mass is 28.3. The molecule has 0 heterocycles. The van der Waals surface area contributed by atoms with Gasteiger partial charge in [-0.05, 0) is 38.8 Å². The maximum absolute atomic E-state index is 3.97. The molecule has 0 bridgehead atoms. The lowest BCUT2D eigenvalue weighted by Gasteiger charge is -2.37. The maximum Gasteiger partial charge on any atom is 0.195 e. The minimum atomic E-state index is -1.38. The van der Waals surface area contributed by atoms with Crippen LogP contribution in [0.1, 0.15) is 64.2 Å². The third kappa shape index (κ3) is 4.72. The molecule has 2 N–H and O–H groups in total. The van der Waals surface area contributed by atoms with Crippen LogP contribution < -0.4 is 9.96 Å². The first-order valence-electron chi connectivity index (χ1n) is 7.71. The smallest absolute Gasteiger partial charge is 0.195 e. The summed E-state index contributed by atoms with van der Waals surface area (Å²) in [5.74, 6) is 0. The van der Waals surface area contributed by atoms with Gasteiger partial charge in [-0.3, -0.25) is 0 Å². The Morgan fingerprint density at radius 2 is 1.00 bits per heavy atom. The van der Waals surface area contributed by atoms with Gasteiger partial charge in [-0.25, -0.2) is 0 Å². The summed E-state index contributed by atoms with van der Waals surface area (Å²) >= 11 is 0. The lowest BCUT2D eigenvalue weighted by molar-refractivity contribution is 0.392. The van der Waals surface area contributed by atoms with Crippen molar-refractivity contribution in [3.63, 3.8) is 0 Å². The molecule has 0 saturated heterocycles. The van der Waals surface area contributed by atoms with Crippen molar-refractivity contribution >= 4 is 8.40 Å². The summed E-state index contributed by atoms with van der Waals surface area (Å²) in [6, 6.07) is 1.61. The van der Waals surface area contributed by atoms with E-state index in [-0.39, 0.29) is 0 Å². The maximum atomic E-state index is 3.97. The van der Waals surface area contributed by atoms with Crippen molar-refractivity contribution in [1.29, 1.82) is 0 Å². The lowest BCUT2D eigenvalue weighted by Crippen LogP contribution is -2.64. The molecule has 2 nitrogen and oxygen atoms in total. The van der Waals surface area contributed by atoms with Gasteiger partial charge in [-0.2, -0.15) is 0 Å². The molecule has 0 atom stereocenters. The van der Waals surface area contributed by atoms with Gasteiger partial charge in [0.15, 0.2) is 8.40 Å². The molecule has 0 aromatic heterocycles. The Kier molecular flexibility index (Phi) is 5.06.